The first-order chi connectivity index (χ1) is 19.8. The van der Waals surface area contributed by atoms with Crippen LogP contribution >= 0.6 is 0 Å². The van der Waals surface area contributed by atoms with Crippen LogP contribution in [0.3, 0.4) is 0 Å². The second-order valence-electron chi connectivity index (χ2n) is 9.33. The molecule has 2 unspecified atom stereocenters. The quantitative estimate of drug-likeness (QED) is 0.297. The van der Waals surface area contributed by atoms with Crippen molar-refractivity contribution in [3.8, 4) is 0 Å². The molecular weight excluding hydrogens is 555 g/mol. The average molecular weight is 592 g/mol. The number of nitrogens with zero attached hydrogens (tertiary/aromatic N) is 1. The number of rotatable bonds is 11. The number of aromatic amines is 1. The van der Waals surface area contributed by atoms with Crippen LogP contribution in [-0.2, 0) is 30.3 Å². The highest BCUT2D eigenvalue weighted by Gasteiger charge is 2.44. The number of aromatic nitrogens is 1. The van der Waals surface area contributed by atoms with Crippen molar-refractivity contribution in [2.45, 2.75) is 58.8 Å². The van der Waals surface area contributed by atoms with E-state index < -0.39 is 54.7 Å². The lowest BCUT2D eigenvalue weighted by Crippen LogP contribution is -2.52. The van der Waals surface area contributed by atoms with E-state index in [1.807, 2.05) is 6.92 Å². The molecule has 0 spiro atoms. The highest BCUT2D eigenvalue weighted by molar-refractivity contribution is 5.95. The number of carbonyl (C=O) groups excluding carboxylic acids is 4. The fourth-order valence-corrected chi connectivity index (χ4v) is 4.09. The lowest BCUT2D eigenvalue weighted by atomic mass is 10.0. The zero-order valence-corrected chi connectivity index (χ0v) is 23.9. The molecule has 0 saturated carbocycles. The number of hydrogen-bond donors (Lipinski definition) is 4. The number of aliphatic imine (C=N–C) groups is 1. The van der Waals surface area contributed by atoms with E-state index in [0.29, 0.717) is 16.5 Å². The standard InChI is InChI=1S/C25H29F3N4O4.C4H7NO/c1-4-8-16(5-2)11-21(31-15(3)33)24(36)30-14-22(34)32-20(23(35)25(26,27)28)12-17-13-29-19-10-7-6-9-18(17)19;1-4-5-2-3-6-4/h4-10,13,20-21,29H,11-12,14H2,1-3H3,(H,30,36)(H,31,33)(H,32,34);2-3H2,1H3/b8-4-,16-5+;. The van der Waals surface area contributed by atoms with Crippen LogP contribution in [0, 0.1) is 0 Å². The van der Waals surface area contributed by atoms with Crippen LogP contribution in [0.15, 0.2) is 59.3 Å². The minimum absolute atomic E-state index is 0.142. The third kappa shape index (κ3) is 10.9. The number of hydrogen-bond acceptors (Lipinski definition) is 6. The van der Waals surface area contributed by atoms with Gasteiger partial charge in [-0.05, 0) is 25.5 Å². The number of nitrogens with one attached hydrogen (secondary N) is 4. The van der Waals surface area contributed by atoms with Gasteiger partial charge >= 0.3 is 6.18 Å². The van der Waals surface area contributed by atoms with E-state index in [4.69, 9.17) is 4.74 Å². The van der Waals surface area contributed by atoms with Crippen molar-refractivity contribution < 1.29 is 37.1 Å². The second kappa shape index (κ2) is 16.1. The summed E-state index contributed by atoms with van der Waals surface area (Å²) >= 11 is 0. The first-order valence-electron chi connectivity index (χ1n) is 13.3. The van der Waals surface area contributed by atoms with Gasteiger partial charge in [-0.15, -0.1) is 0 Å². The van der Waals surface area contributed by atoms with Crippen LogP contribution < -0.4 is 16.0 Å². The molecule has 1 aliphatic heterocycles. The van der Waals surface area contributed by atoms with Gasteiger partial charge < -0.3 is 25.7 Å². The van der Waals surface area contributed by atoms with Crippen LogP contribution in [0.1, 0.15) is 39.7 Å². The Bertz CT molecular complexity index is 1350. The van der Waals surface area contributed by atoms with Crippen LogP contribution in [0.4, 0.5) is 13.2 Å². The van der Waals surface area contributed by atoms with Crippen molar-refractivity contribution in [1.29, 1.82) is 0 Å². The fraction of sp³-hybridized carbons (Fsp3) is 0.414. The van der Waals surface area contributed by atoms with E-state index in [1.165, 1.54) is 13.1 Å². The molecule has 2 heterocycles. The number of ketones is 1. The number of halogens is 3. The summed E-state index contributed by atoms with van der Waals surface area (Å²) in [5.74, 6) is -3.42. The van der Waals surface area contributed by atoms with Crippen molar-refractivity contribution in [2.24, 2.45) is 4.99 Å². The molecule has 2 atom stereocenters. The molecule has 0 radical (unpaired) electrons. The van der Waals surface area contributed by atoms with Crippen molar-refractivity contribution >= 4 is 40.3 Å². The highest BCUT2D eigenvalue weighted by atomic mass is 19.4. The van der Waals surface area contributed by atoms with E-state index in [0.717, 1.165) is 24.6 Å². The number of carbonyl (C=O) groups is 4. The van der Waals surface area contributed by atoms with E-state index in [9.17, 15) is 32.3 Å². The molecule has 4 N–H and O–H groups in total. The third-order valence-corrected chi connectivity index (χ3v) is 6.08. The predicted octanol–water partition coefficient (Wildman–Crippen LogP) is 3.30. The summed E-state index contributed by atoms with van der Waals surface area (Å²) in [4.78, 5) is 55.5. The Morgan fingerprint density at radius 1 is 1.12 bits per heavy atom. The minimum Gasteiger partial charge on any atom is -0.479 e. The molecule has 1 aliphatic rings. The summed E-state index contributed by atoms with van der Waals surface area (Å²) in [6, 6.07) is 3.98. The maximum atomic E-state index is 13.2. The zero-order chi connectivity index (χ0) is 31.3. The molecular formula is C29H36F3N5O5. The summed E-state index contributed by atoms with van der Waals surface area (Å²) in [5, 5.41) is 7.51. The number of alkyl halides is 3. The van der Waals surface area contributed by atoms with Crippen LogP contribution in [-0.4, -0.2) is 72.3 Å². The number of para-hydroxylation sites is 1. The molecule has 42 heavy (non-hydrogen) atoms. The molecule has 228 valence electrons. The lowest BCUT2D eigenvalue weighted by Gasteiger charge is -2.20. The molecule has 2 aromatic rings. The van der Waals surface area contributed by atoms with Crippen molar-refractivity contribution in [1.82, 2.24) is 20.9 Å². The van der Waals surface area contributed by atoms with Gasteiger partial charge in [0, 0.05) is 43.8 Å². The molecule has 0 fully saturated rings. The topological polar surface area (TPSA) is 142 Å². The largest absolute Gasteiger partial charge is 0.479 e. The molecule has 0 aliphatic carbocycles. The minimum atomic E-state index is -5.17. The number of allylic oxidation sites excluding steroid dienone is 3. The first kappa shape index (κ1) is 33.8. The molecule has 1 aromatic carbocycles. The molecule has 10 nitrogen and oxygen atoms in total. The van der Waals surface area contributed by atoms with E-state index in [1.54, 1.807) is 56.3 Å². The van der Waals surface area contributed by atoms with Gasteiger partial charge in [0.05, 0.1) is 13.1 Å². The summed E-state index contributed by atoms with van der Waals surface area (Å²) < 4.78 is 44.6. The Balaban J connectivity index is 0.000000908. The van der Waals surface area contributed by atoms with Crippen LogP contribution in [0.25, 0.3) is 10.9 Å². The van der Waals surface area contributed by atoms with Crippen LogP contribution in [0.5, 0.6) is 0 Å². The van der Waals surface area contributed by atoms with Gasteiger partial charge in [0.1, 0.15) is 18.7 Å². The lowest BCUT2D eigenvalue weighted by molar-refractivity contribution is -0.173. The SMILES string of the molecule is C/C=C\C(=C/C)CC(NC(C)=O)C(=O)NCC(=O)NC(Cc1c[nH]c2ccccc12)C(=O)C(F)(F)F.CC1=NCCO1. The zero-order valence-electron chi connectivity index (χ0n) is 23.9. The maximum absolute atomic E-state index is 13.2. The summed E-state index contributed by atoms with van der Waals surface area (Å²) in [6.45, 7) is 7.60. The Morgan fingerprint density at radius 3 is 2.38 bits per heavy atom. The molecule has 3 amide bonds. The number of ether oxygens (including phenoxy) is 1. The number of fused-ring (bicyclic) bond motifs is 1. The van der Waals surface area contributed by atoms with Gasteiger partial charge in [-0.3, -0.25) is 24.2 Å². The molecule has 0 saturated heterocycles. The molecule has 13 heteroatoms. The average Bonchev–Trinajstić information content (AvgIpc) is 3.58. The Hall–Kier alpha value is -4.42. The first-order valence-corrected chi connectivity index (χ1v) is 13.3. The van der Waals surface area contributed by atoms with E-state index in [-0.39, 0.29) is 6.42 Å². The summed E-state index contributed by atoms with van der Waals surface area (Å²) in [6.07, 6.45) is 1.33. The van der Waals surface area contributed by atoms with Gasteiger partial charge in [0.25, 0.3) is 5.78 Å². The second-order valence-corrected chi connectivity index (χ2v) is 9.33. The number of Topliss-reactive ketones (excluding diaryl/α,β-unsaturated/α-hetero) is 1. The van der Waals surface area contributed by atoms with Gasteiger partial charge in [0.15, 0.2) is 5.90 Å². The predicted molar refractivity (Wildman–Crippen MR) is 153 cm³/mol. The number of amides is 3. The Labute approximate surface area is 241 Å². The monoisotopic (exact) mass is 591 g/mol. The van der Waals surface area contributed by atoms with Gasteiger partial charge in [-0.2, -0.15) is 13.2 Å². The Kier molecular flexibility index (Phi) is 13.0. The van der Waals surface area contributed by atoms with Gasteiger partial charge in [-0.1, -0.05) is 42.0 Å². The third-order valence-electron chi connectivity index (χ3n) is 6.08. The molecule has 3 rings (SSSR count). The number of benzene rings is 1. The molecule has 0 bridgehead atoms. The van der Waals surface area contributed by atoms with Gasteiger partial charge in [0.2, 0.25) is 17.7 Å². The van der Waals surface area contributed by atoms with Crippen LogP contribution in [0.2, 0.25) is 0 Å². The van der Waals surface area contributed by atoms with Gasteiger partial charge in [-0.25, -0.2) is 0 Å². The highest BCUT2D eigenvalue weighted by Crippen LogP contribution is 2.23. The summed E-state index contributed by atoms with van der Waals surface area (Å²) in [7, 11) is 0. The fourth-order valence-electron chi connectivity index (χ4n) is 4.09. The summed E-state index contributed by atoms with van der Waals surface area (Å²) in [5.41, 5.74) is 1.85. The van der Waals surface area contributed by atoms with Crippen molar-refractivity contribution in [2.75, 3.05) is 19.7 Å². The smallest absolute Gasteiger partial charge is 0.452 e. The van der Waals surface area contributed by atoms with Crippen molar-refractivity contribution in [3.63, 3.8) is 0 Å². The maximum Gasteiger partial charge on any atom is 0.452 e. The number of H-pyrrole nitrogens is 1. The molecule has 1 aromatic heterocycles. The van der Waals surface area contributed by atoms with E-state index >= 15 is 0 Å². The van der Waals surface area contributed by atoms with E-state index in [2.05, 4.69) is 25.9 Å². The van der Waals surface area contributed by atoms with Crippen molar-refractivity contribution in [3.05, 3.63) is 59.8 Å². The Morgan fingerprint density at radius 2 is 1.83 bits per heavy atom. The normalized spacial score (nSPS) is 14.7.